The van der Waals surface area contributed by atoms with Crippen LogP contribution >= 0.6 is 0 Å². The minimum Gasteiger partial charge on any atom is -0.393 e. The molecule has 0 spiro atoms. The van der Waals surface area contributed by atoms with Gasteiger partial charge in [-0.2, -0.15) is 0 Å². The van der Waals surface area contributed by atoms with Gasteiger partial charge in [0, 0.05) is 0 Å². The maximum absolute atomic E-state index is 9.22. The maximum Gasteiger partial charge on any atom is 0.0572 e. The Morgan fingerprint density at radius 3 is 2.11 bits per heavy atom. The van der Waals surface area contributed by atoms with Crippen LogP contribution in [0, 0.1) is 11.8 Å². The van der Waals surface area contributed by atoms with Crippen molar-refractivity contribution >= 4 is 0 Å². The predicted octanol–water partition coefficient (Wildman–Crippen LogP) is -0.0233. The summed E-state index contributed by atoms with van der Waals surface area (Å²) in [4.78, 5) is 0. The molecule has 2 rings (SSSR count). The van der Waals surface area contributed by atoms with Gasteiger partial charge in [-0.05, 0) is 37.8 Å². The van der Waals surface area contributed by atoms with Gasteiger partial charge in [0.25, 0.3) is 0 Å². The Morgan fingerprint density at radius 1 is 1.22 bits per heavy atom. The molecule has 2 heteroatoms. The monoisotopic (exact) mass is 127 g/mol. The van der Waals surface area contributed by atoms with Gasteiger partial charge in [0.1, 0.15) is 0 Å². The van der Waals surface area contributed by atoms with E-state index in [4.69, 9.17) is 0 Å². The summed E-state index contributed by atoms with van der Waals surface area (Å²) in [7, 11) is 0. The van der Waals surface area contributed by atoms with Gasteiger partial charge in [-0.25, -0.2) is 0 Å². The highest BCUT2D eigenvalue weighted by atomic mass is 16.3. The van der Waals surface area contributed by atoms with Crippen LogP contribution in [0.25, 0.3) is 0 Å². The van der Waals surface area contributed by atoms with Crippen molar-refractivity contribution in [3.05, 3.63) is 0 Å². The molecule has 1 saturated heterocycles. The summed E-state index contributed by atoms with van der Waals surface area (Å²) < 4.78 is 0. The summed E-state index contributed by atoms with van der Waals surface area (Å²) in [5.74, 6) is 1.44. The topological polar surface area (TPSA) is 32.3 Å². The number of aliphatic hydroxyl groups excluding tert-OH is 1. The minimum atomic E-state index is 0.0390. The first-order valence-electron chi connectivity index (χ1n) is 3.76. The van der Waals surface area contributed by atoms with Crippen LogP contribution in [0.15, 0.2) is 0 Å². The van der Waals surface area contributed by atoms with Crippen LogP contribution < -0.4 is 5.32 Å². The van der Waals surface area contributed by atoms with E-state index in [2.05, 4.69) is 5.32 Å². The SMILES string of the molecule is OC1CCC1C1CNC1. The Kier molecular flexibility index (Phi) is 1.24. The summed E-state index contributed by atoms with van der Waals surface area (Å²) in [6.45, 7) is 2.28. The smallest absolute Gasteiger partial charge is 0.0572 e. The van der Waals surface area contributed by atoms with Crippen molar-refractivity contribution in [1.82, 2.24) is 5.32 Å². The molecular weight excluding hydrogens is 114 g/mol. The van der Waals surface area contributed by atoms with Crippen molar-refractivity contribution in [2.24, 2.45) is 11.8 Å². The van der Waals surface area contributed by atoms with Crippen molar-refractivity contribution in [3.63, 3.8) is 0 Å². The second-order valence-corrected chi connectivity index (χ2v) is 3.23. The van der Waals surface area contributed by atoms with Crippen LogP contribution in [-0.4, -0.2) is 24.3 Å². The van der Waals surface area contributed by atoms with Crippen LogP contribution in [0.2, 0.25) is 0 Å². The van der Waals surface area contributed by atoms with Crippen molar-refractivity contribution < 1.29 is 5.11 Å². The summed E-state index contributed by atoms with van der Waals surface area (Å²) in [6, 6.07) is 0. The third-order valence-electron chi connectivity index (χ3n) is 2.71. The fourth-order valence-electron chi connectivity index (χ4n) is 1.67. The van der Waals surface area contributed by atoms with E-state index in [1.165, 1.54) is 6.42 Å². The maximum atomic E-state index is 9.22. The molecule has 1 saturated carbocycles. The molecule has 9 heavy (non-hydrogen) atoms. The molecule has 2 unspecified atom stereocenters. The molecule has 2 atom stereocenters. The molecule has 0 bridgehead atoms. The van der Waals surface area contributed by atoms with Crippen LogP contribution in [0.4, 0.5) is 0 Å². The van der Waals surface area contributed by atoms with Gasteiger partial charge in [0.05, 0.1) is 6.10 Å². The average molecular weight is 127 g/mol. The van der Waals surface area contributed by atoms with Crippen molar-refractivity contribution in [2.45, 2.75) is 18.9 Å². The Bertz CT molecular complexity index is 111. The number of aliphatic hydroxyl groups is 1. The molecule has 2 fully saturated rings. The van der Waals surface area contributed by atoms with Crippen molar-refractivity contribution in [1.29, 1.82) is 0 Å². The summed E-state index contributed by atoms with van der Waals surface area (Å²) in [6.07, 6.45) is 2.34. The predicted molar refractivity (Wildman–Crippen MR) is 35.1 cm³/mol. The van der Waals surface area contributed by atoms with E-state index in [-0.39, 0.29) is 6.10 Å². The molecule has 2 aliphatic rings. The Labute approximate surface area is 55.3 Å². The van der Waals surface area contributed by atoms with Crippen LogP contribution in [-0.2, 0) is 0 Å². The number of nitrogens with one attached hydrogen (secondary N) is 1. The Balaban J connectivity index is 1.83. The van der Waals surface area contributed by atoms with Crippen molar-refractivity contribution in [3.8, 4) is 0 Å². The van der Waals surface area contributed by atoms with Gasteiger partial charge in [0.2, 0.25) is 0 Å². The molecule has 1 aliphatic heterocycles. The zero-order chi connectivity index (χ0) is 6.27. The highest BCUT2D eigenvalue weighted by molar-refractivity contribution is 4.91. The first kappa shape index (κ1) is 5.69. The normalized spacial score (nSPS) is 43.7. The Hall–Kier alpha value is -0.0800. The standard InChI is InChI=1S/C7H13NO/c9-7-2-1-6(7)5-3-8-4-5/h5-9H,1-4H2. The summed E-state index contributed by atoms with van der Waals surface area (Å²) in [5.41, 5.74) is 0. The number of rotatable bonds is 1. The first-order valence-corrected chi connectivity index (χ1v) is 3.76. The molecule has 52 valence electrons. The second-order valence-electron chi connectivity index (χ2n) is 3.23. The van der Waals surface area contributed by atoms with Crippen LogP contribution in [0.3, 0.4) is 0 Å². The number of hydrogen-bond donors (Lipinski definition) is 2. The zero-order valence-corrected chi connectivity index (χ0v) is 5.51. The lowest BCUT2D eigenvalue weighted by Crippen LogP contribution is -2.52. The molecule has 1 aliphatic carbocycles. The van der Waals surface area contributed by atoms with E-state index < -0.39 is 0 Å². The lowest BCUT2D eigenvalue weighted by Gasteiger charge is -2.43. The number of hydrogen-bond acceptors (Lipinski definition) is 2. The quantitative estimate of drug-likeness (QED) is 0.518. The van der Waals surface area contributed by atoms with Gasteiger partial charge in [-0.3, -0.25) is 0 Å². The van der Waals surface area contributed by atoms with E-state index in [9.17, 15) is 5.11 Å². The molecule has 0 aromatic rings. The van der Waals surface area contributed by atoms with Gasteiger partial charge in [-0.15, -0.1) is 0 Å². The summed E-state index contributed by atoms with van der Waals surface area (Å²) >= 11 is 0. The minimum absolute atomic E-state index is 0.0390. The van der Waals surface area contributed by atoms with E-state index >= 15 is 0 Å². The molecule has 0 amide bonds. The highest BCUT2D eigenvalue weighted by Gasteiger charge is 2.37. The van der Waals surface area contributed by atoms with E-state index in [0.29, 0.717) is 5.92 Å². The van der Waals surface area contributed by atoms with Crippen LogP contribution in [0.1, 0.15) is 12.8 Å². The molecule has 1 heterocycles. The molecule has 0 radical (unpaired) electrons. The molecule has 2 nitrogen and oxygen atoms in total. The lowest BCUT2D eigenvalue weighted by molar-refractivity contribution is -0.0236. The van der Waals surface area contributed by atoms with Crippen LogP contribution in [0.5, 0.6) is 0 Å². The molecule has 0 aromatic carbocycles. The van der Waals surface area contributed by atoms with Crippen molar-refractivity contribution in [2.75, 3.05) is 13.1 Å². The summed E-state index contributed by atoms with van der Waals surface area (Å²) in [5, 5.41) is 12.4. The second kappa shape index (κ2) is 1.96. The van der Waals surface area contributed by atoms with E-state index in [1.807, 2.05) is 0 Å². The molecular formula is C7H13NO. The van der Waals surface area contributed by atoms with E-state index in [0.717, 1.165) is 25.4 Å². The lowest BCUT2D eigenvalue weighted by atomic mass is 9.71. The van der Waals surface area contributed by atoms with Gasteiger partial charge in [0.15, 0.2) is 0 Å². The fraction of sp³-hybridized carbons (Fsp3) is 1.00. The third kappa shape index (κ3) is 0.775. The fourth-order valence-corrected chi connectivity index (χ4v) is 1.67. The van der Waals surface area contributed by atoms with Gasteiger partial charge < -0.3 is 10.4 Å². The largest absolute Gasteiger partial charge is 0.393 e. The molecule has 2 N–H and O–H groups in total. The Morgan fingerprint density at radius 2 is 2.00 bits per heavy atom. The third-order valence-corrected chi connectivity index (χ3v) is 2.71. The first-order chi connectivity index (χ1) is 4.38. The molecule has 0 aromatic heterocycles. The van der Waals surface area contributed by atoms with Gasteiger partial charge >= 0.3 is 0 Å². The van der Waals surface area contributed by atoms with Gasteiger partial charge in [-0.1, -0.05) is 0 Å². The highest BCUT2D eigenvalue weighted by Crippen LogP contribution is 2.35. The van der Waals surface area contributed by atoms with E-state index in [1.54, 1.807) is 0 Å². The zero-order valence-electron chi connectivity index (χ0n) is 5.51. The average Bonchev–Trinajstić information content (AvgIpc) is 1.74.